The molecule has 0 unspecified atom stereocenters. The first-order valence-electron chi connectivity index (χ1n) is 5.09. The Morgan fingerprint density at radius 2 is 1.94 bits per heavy atom. The number of hydrogen-bond acceptors (Lipinski definition) is 2. The van der Waals surface area contributed by atoms with Gasteiger partial charge < -0.3 is 4.90 Å². The van der Waals surface area contributed by atoms with Crippen LogP contribution in [0.3, 0.4) is 0 Å². The first-order chi connectivity index (χ1) is 7.68. The van der Waals surface area contributed by atoms with Crippen LogP contribution in [-0.2, 0) is 0 Å². The van der Waals surface area contributed by atoms with Crippen LogP contribution < -0.4 is 4.90 Å². The van der Waals surface area contributed by atoms with Crippen molar-refractivity contribution >= 4 is 23.0 Å². The SMILES string of the molecule is Cc1ccccc1N(C)c1ccnc(Cl)c1. The summed E-state index contributed by atoms with van der Waals surface area (Å²) in [4.78, 5) is 6.08. The number of anilines is 2. The van der Waals surface area contributed by atoms with Gasteiger partial charge in [0.25, 0.3) is 0 Å². The number of benzene rings is 1. The molecule has 16 heavy (non-hydrogen) atoms. The van der Waals surface area contributed by atoms with E-state index in [0.29, 0.717) is 5.15 Å². The Morgan fingerprint density at radius 1 is 1.19 bits per heavy atom. The standard InChI is InChI=1S/C13H13ClN2/c1-10-5-3-4-6-12(10)16(2)11-7-8-15-13(14)9-11/h3-9H,1-2H3. The molecule has 0 saturated heterocycles. The van der Waals surface area contributed by atoms with Gasteiger partial charge in [0.1, 0.15) is 5.15 Å². The Labute approximate surface area is 101 Å². The predicted molar refractivity (Wildman–Crippen MR) is 68.5 cm³/mol. The lowest BCUT2D eigenvalue weighted by Crippen LogP contribution is -2.10. The Kier molecular flexibility index (Phi) is 3.11. The molecule has 0 bridgehead atoms. The van der Waals surface area contributed by atoms with Crippen molar-refractivity contribution in [3.8, 4) is 0 Å². The smallest absolute Gasteiger partial charge is 0.131 e. The summed E-state index contributed by atoms with van der Waals surface area (Å²) in [6.07, 6.45) is 1.71. The van der Waals surface area contributed by atoms with E-state index in [9.17, 15) is 0 Å². The zero-order valence-electron chi connectivity index (χ0n) is 9.31. The van der Waals surface area contributed by atoms with Crippen LogP contribution in [-0.4, -0.2) is 12.0 Å². The monoisotopic (exact) mass is 232 g/mol. The van der Waals surface area contributed by atoms with Crippen LogP contribution in [0.2, 0.25) is 5.15 Å². The molecule has 0 fully saturated rings. The summed E-state index contributed by atoms with van der Waals surface area (Å²) in [5.74, 6) is 0. The van der Waals surface area contributed by atoms with E-state index >= 15 is 0 Å². The van der Waals surface area contributed by atoms with Crippen molar-refractivity contribution in [3.63, 3.8) is 0 Å². The van der Waals surface area contributed by atoms with Crippen LogP contribution in [0.15, 0.2) is 42.6 Å². The van der Waals surface area contributed by atoms with Crippen molar-refractivity contribution in [2.45, 2.75) is 6.92 Å². The molecular weight excluding hydrogens is 220 g/mol. The van der Waals surface area contributed by atoms with Crippen LogP contribution in [0, 0.1) is 6.92 Å². The van der Waals surface area contributed by atoms with Crippen LogP contribution in [0.4, 0.5) is 11.4 Å². The molecule has 1 heterocycles. The van der Waals surface area contributed by atoms with Gasteiger partial charge in [-0.1, -0.05) is 29.8 Å². The van der Waals surface area contributed by atoms with Crippen LogP contribution in [0.1, 0.15) is 5.56 Å². The van der Waals surface area contributed by atoms with E-state index in [-0.39, 0.29) is 0 Å². The van der Waals surface area contributed by atoms with Crippen LogP contribution in [0.5, 0.6) is 0 Å². The minimum absolute atomic E-state index is 0.512. The number of pyridine rings is 1. The average molecular weight is 233 g/mol. The normalized spacial score (nSPS) is 10.2. The van der Waals surface area contributed by atoms with E-state index in [1.807, 2.05) is 31.3 Å². The summed E-state index contributed by atoms with van der Waals surface area (Å²) in [6, 6.07) is 12.0. The lowest BCUT2D eigenvalue weighted by molar-refractivity contribution is 1.17. The van der Waals surface area contributed by atoms with Crippen molar-refractivity contribution in [1.29, 1.82) is 0 Å². The molecule has 0 saturated carbocycles. The molecule has 0 N–H and O–H groups in total. The molecule has 0 spiro atoms. The average Bonchev–Trinajstić information content (AvgIpc) is 2.29. The van der Waals surface area contributed by atoms with E-state index in [4.69, 9.17) is 11.6 Å². The molecule has 0 aliphatic rings. The fourth-order valence-electron chi connectivity index (χ4n) is 1.68. The third kappa shape index (κ3) is 2.17. The van der Waals surface area contributed by atoms with Crippen molar-refractivity contribution in [2.75, 3.05) is 11.9 Å². The Bertz CT molecular complexity index is 497. The van der Waals surface area contributed by atoms with Gasteiger partial charge >= 0.3 is 0 Å². The van der Waals surface area contributed by atoms with Gasteiger partial charge in [-0.25, -0.2) is 4.98 Å². The highest BCUT2D eigenvalue weighted by Gasteiger charge is 2.06. The quantitative estimate of drug-likeness (QED) is 0.732. The van der Waals surface area contributed by atoms with Crippen LogP contribution >= 0.6 is 11.6 Å². The summed E-state index contributed by atoms with van der Waals surface area (Å²) in [6.45, 7) is 2.09. The highest BCUT2D eigenvalue weighted by molar-refractivity contribution is 6.29. The number of halogens is 1. The predicted octanol–water partition coefficient (Wildman–Crippen LogP) is 3.81. The summed E-state index contributed by atoms with van der Waals surface area (Å²) in [5.41, 5.74) is 3.44. The van der Waals surface area contributed by atoms with E-state index in [1.165, 1.54) is 11.3 Å². The molecule has 0 aliphatic heterocycles. The van der Waals surface area contributed by atoms with Crippen molar-refractivity contribution in [3.05, 3.63) is 53.3 Å². The summed E-state index contributed by atoms with van der Waals surface area (Å²) in [7, 11) is 2.02. The van der Waals surface area contributed by atoms with Crippen molar-refractivity contribution in [2.24, 2.45) is 0 Å². The Hall–Kier alpha value is -1.54. The number of aromatic nitrogens is 1. The second-order valence-electron chi connectivity index (χ2n) is 3.68. The molecule has 0 aliphatic carbocycles. The molecule has 2 rings (SSSR count). The third-order valence-corrected chi connectivity index (χ3v) is 2.78. The minimum atomic E-state index is 0.512. The van der Waals surface area contributed by atoms with E-state index in [0.717, 1.165) is 5.69 Å². The zero-order chi connectivity index (χ0) is 11.5. The largest absolute Gasteiger partial charge is 0.344 e. The van der Waals surface area contributed by atoms with Gasteiger partial charge in [0.2, 0.25) is 0 Å². The highest BCUT2D eigenvalue weighted by Crippen LogP contribution is 2.27. The van der Waals surface area contributed by atoms with E-state index in [1.54, 1.807) is 6.20 Å². The summed E-state index contributed by atoms with van der Waals surface area (Å²) in [5, 5.41) is 0.512. The first-order valence-corrected chi connectivity index (χ1v) is 5.47. The fourth-order valence-corrected chi connectivity index (χ4v) is 1.85. The van der Waals surface area contributed by atoms with Crippen molar-refractivity contribution < 1.29 is 0 Å². The molecule has 1 aromatic carbocycles. The van der Waals surface area contributed by atoms with Crippen molar-refractivity contribution in [1.82, 2.24) is 4.98 Å². The van der Waals surface area contributed by atoms with Gasteiger partial charge in [-0.15, -0.1) is 0 Å². The molecule has 3 heteroatoms. The Balaban J connectivity index is 2.39. The number of para-hydroxylation sites is 1. The molecule has 2 aromatic rings. The van der Waals surface area contributed by atoms with Gasteiger partial charge in [-0.3, -0.25) is 0 Å². The molecular formula is C13H13ClN2. The van der Waals surface area contributed by atoms with E-state index in [2.05, 4.69) is 28.9 Å². The van der Waals surface area contributed by atoms with E-state index < -0.39 is 0 Å². The minimum Gasteiger partial charge on any atom is -0.344 e. The third-order valence-electron chi connectivity index (χ3n) is 2.57. The number of hydrogen-bond donors (Lipinski definition) is 0. The lowest BCUT2D eigenvalue weighted by Gasteiger charge is -2.21. The zero-order valence-corrected chi connectivity index (χ0v) is 10.1. The molecule has 0 atom stereocenters. The topological polar surface area (TPSA) is 16.1 Å². The molecule has 82 valence electrons. The summed E-state index contributed by atoms with van der Waals surface area (Å²) >= 11 is 5.88. The van der Waals surface area contributed by atoms with Gasteiger partial charge in [0, 0.05) is 24.6 Å². The summed E-state index contributed by atoms with van der Waals surface area (Å²) < 4.78 is 0. The van der Waals surface area contributed by atoms with Crippen LogP contribution in [0.25, 0.3) is 0 Å². The maximum atomic E-state index is 5.88. The maximum absolute atomic E-state index is 5.88. The number of nitrogens with zero attached hydrogens (tertiary/aromatic N) is 2. The van der Waals surface area contributed by atoms with Gasteiger partial charge in [0.15, 0.2) is 0 Å². The highest BCUT2D eigenvalue weighted by atomic mass is 35.5. The maximum Gasteiger partial charge on any atom is 0.131 e. The number of aryl methyl sites for hydroxylation is 1. The Morgan fingerprint density at radius 3 is 2.62 bits per heavy atom. The van der Waals surface area contributed by atoms with Gasteiger partial charge in [-0.05, 0) is 30.7 Å². The molecule has 0 radical (unpaired) electrons. The first kappa shape index (κ1) is 11.0. The molecule has 1 aromatic heterocycles. The van der Waals surface area contributed by atoms with Gasteiger partial charge in [-0.2, -0.15) is 0 Å². The second-order valence-corrected chi connectivity index (χ2v) is 4.07. The number of rotatable bonds is 2. The fraction of sp³-hybridized carbons (Fsp3) is 0.154. The molecule has 0 amide bonds. The van der Waals surface area contributed by atoms with Gasteiger partial charge in [0.05, 0.1) is 0 Å². The lowest BCUT2D eigenvalue weighted by atomic mass is 10.2. The molecule has 2 nitrogen and oxygen atoms in total. The second kappa shape index (κ2) is 4.54.